The highest BCUT2D eigenvalue weighted by Gasteiger charge is 2.08. The molecule has 0 saturated heterocycles. The second-order valence-corrected chi connectivity index (χ2v) is 4.57. The molecular formula is C11H16N2O3S. The summed E-state index contributed by atoms with van der Waals surface area (Å²) in [5.41, 5.74) is 0.562. The van der Waals surface area contributed by atoms with Gasteiger partial charge >= 0.3 is 0 Å². The van der Waals surface area contributed by atoms with Gasteiger partial charge in [0.25, 0.3) is 5.91 Å². The molecule has 1 aromatic heterocycles. The molecule has 0 aliphatic heterocycles. The molecule has 0 aromatic carbocycles. The quantitative estimate of drug-likeness (QED) is 0.681. The number of carbonyl (C=O) groups is 2. The van der Waals surface area contributed by atoms with E-state index >= 15 is 0 Å². The summed E-state index contributed by atoms with van der Waals surface area (Å²) in [6.45, 7) is 2.21. The highest BCUT2D eigenvalue weighted by Crippen LogP contribution is 2.04. The topological polar surface area (TPSA) is 78.4 Å². The summed E-state index contributed by atoms with van der Waals surface area (Å²) in [6.07, 6.45) is 0. The molecule has 5 nitrogen and oxygen atoms in total. The van der Waals surface area contributed by atoms with E-state index < -0.39 is 0 Å². The van der Waals surface area contributed by atoms with Crippen molar-refractivity contribution in [3.8, 4) is 0 Å². The summed E-state index contributed by atoms with van der Waals surface area (Å²) in [4.78, 5) is 22.8. The Kier molecular flexibility index (Phi) is 5.65. The van der Waals surface area contributed by atoms with Crippen molar-refractivity contribution >= 4 is 23.2 Å². The number of nitrogens with one attached hydrogen (secondary N) is 2. The minimum absolute atomic E-state index is 0.0199. The second kappa shape index (κ2) is 7.03. The molecule has 6 heteroatoms. The van der Waals surface area contributed by atoms with Gasteiger partial charge in [0.2, 0.25) is 5.91 Å². The van der Waals surface area contributed by atoms with Gasteiger partial charge < -0.3 is 15.7 Å². The zero-order chi connectivity index (χ0) is 12.7. The number of rotatable bonds is 6. The number of thiophene rings is 1. The number of aliphatic hydroxyl groups excluding tert-OH is 1. The van der Waals surface area contributed by atoms with Crippen molar-refractivity contribution in [2.75, 3.05) is 19.7 Å². The average molecular weight is 256 g/mol. The first-order chi connectivity index (χ1) is 8.13. The van der Waals surface area contributed by atoms with Crippen molar-refractivity contribution in [1.29, 1.82) is 0 Å². The third-order valence-electron chi connectivity index (χ3n) is 2.15. The SMILES string of the molecule is CC(CO)CNC(=O)CNC(=O)c1ccsc1. The van der Waals surface area contributed by atoms with Crippen LogP contribution in [0.4, 0.5) is 0 Å². The van der Waals surface area contributed by atoms with Gasteiger partial charge in [0.1, 0.15) is 0 Å². The Balaban J connectivity index is 2.22. The van der Waals surface area contributed by atoms with E-state index in [1.807, 2.05) is 6.92 Å². The predicted octanol–water partition coefficient (Wildman–Crippen LogP) is 0.222. The molecule has 0 aliphatic carbocycles. The molecule has 1 unspecified atom stereocenters. The van der Waals surface area contributed by atoms with E-state index in [0.29, 0.717) is 12.1 Å². The van der Waals surface area contributed by atoms with E-state index in [1.165, 1.54) is 11.3 Å². The fourth-order valence-corrected chi connectivity index (χ4v) is 1.71. The minimum atomic E-state index is -0.256. The van der Waals surface area contributed by atoms with Crippen LogP contribution in [0.5, 0.6) is 0 Å². The van der Waals surface area contributed by atoms with Gasteiger partial charge in [-0.3, -0.25) is 9.59 Å². The van der Waals surface area contributed by atoms with Gasteiger partial charge in [-0.2, -0.15) is 11.3 Å². The van der Waals surface area contributed by atoms with Gasteiger partial charge in [-0.05, 0) is 17.4 Å². The highest BCUT2D eigenvalue weighted by atomic mass is 32.1. The lowest BCUT2D eigenvalue weighted by atomic mass is 10.2. The van der Waals surface area contributed by atoms with Crippen molar-refractivity contribution in [2.45, 2.75) is 6.92 Å². The standard InChI is InChI=1S/C11H16N2O3S/c1-8(6-14)4-12-10(15)5-13-11(16)9-2-3-17-7-9/h2-3,7-8,14H,4-6H2,1H3,(H,12,15)(H,13,16). The van der Waals surface area contributed by atoms with Gasteiger partial charge in [0.05, 0.1) is 6.54 Å². The summed E-state index contributed by atoms with van der Waals surface area (Å²) in [5, 5.41) is 17.4. The van der Waals surface area contributed by atoms with Gasteiger partial charge in [-0.1, -0.05) is 6.92 Å². The van der Waals surface area contributed by atoms with Crippen LogP contribution in [0.15, 0.2) is 16.8 Å². The summed E-state index contributed by atoms with van der Waals surface area (Å²) in [7, 11) is 0. The zero-order valence-corrected chi connectivity index (χ0v) is 10.4. The number of hydrogen-bond donors (Lipinski definition) is 3. The van der Waals surface area contributed by atoms with Crippen LogP contribution in [-0.2, 0) is 4.79 Å². The molecule has 1 atom stereocenters. The van der Waals surface area contributed by atoms with Crippen LogP contribution < -0.4 is 10.6 Å². The molecule has 0 aliphatic rings. The molecule has 0 bridgehead atoms. The summed E-state index contributed by atoms with van der Waals surface area (Å²) < 4.78 is 0. The summed E-state index contributed by atoms with van der Waals surface area (Å²) in [5.74, 6) is -0.489. The van der Waals surface area contributed by atoms with Crippen molar-refractivity contribution in [2.24, 2.45) is 5.92 Å². The van der Waals surface area contributed by atoms with E-state index in [2.05, 4.69) is 10.6 Å². The fraction of sp³-hybridized carbons (Fsp3) is 0.455. The molecule has 0 saturated carbocycles. The first-order valence-electron chi connectivity index (χ1n) is 5.31. The van der Waals surface area contributed by atoms with E-state index in [4.69, 9.17) is 5.11 Å². The van der Waals surface area contributed by atoms with Gasteiger partial charge in [0, 0.05) is 24.1 Å². The molecule has 1 heterocycles. The lowest BCUT2D eigenvalue weighted by Crippen LogP contribution is -2.38. The molecule has 3 N–H and O–H groups in total. The third kappa shape index (κ3) is 4.97. The van der Waals surface area contributed by atoms with Crippen molar-refractivity contribution in [3.05, 3.63) is 22.4 Å². The molecule has 94 valence electrons. The highest BCUT2D eigenvalue weighted by molar-refractivity contribution is 7.08. The van der Waals surface area contributed by atoms with Crippen LogP contribution in [-0.4, -0.2) is 36.6 Å². The Labute approximate surface area is 104 Å². The largest absolute Gasteiger partial charge is 0.396 e. The van der Waals surface area contributed by atoms with E-state index in [9.17, 15) is 9.59 Å². The van der Waals surface area contributed by atoms with Crippen LogP contribution in [0.3, 0.4) is 0 Å². The Morgan fingerprint density at radius 1 is 1.47 bits per heavy atom. The molecule has 0 spiro atoms. The van der Waals surface area contributed by atoms with Crippen molar-refractivity contribution in [3.63, 3.8) is 0 Å². The molecule has 1 aromatic rings. The number of aliphatic hydroxyl groups is 1. The van der Waals surface area contributed by atoms with E-state index in [-0.39, 0.29) is 30.9 Å². The number of carbonyl (C=O) groups excluding carboxylic acids is 2. The Hall–Kier alpha value is -1.40. The fourth-order valence-electron chi connectivity index (χ4n) is 1.07. The lowest BCUT2D eigenvalue weighted by Gasteiger charge is -2.09. The lowest BCUT2D eigenvalue weighted by molar-refractivity contribution is -0.120. The van der Waals surface area contributed by atoms with Crippen LogP contribution in [0, 0.1) is 5.92 Å². The minimum Gasteiger partial charge on any atom is -0.396 e. The molecule has 0 fully saturated rings. The van der Waals surface area contributed by atoms with Crippen LogP contribution in [0.1, 0.15) is 17.3 Å². The first kappa shape index (κ1) is 13.7. The summed E-state index contributed by atoms with van der Waals surface area (Å²) in [6, 6.07) is 1.70. The van der Waals surface area contributed by atoms with Crippen LogP contribution in [0.2, 0.25) is 0 Å². The maximum Gasteiger partial charge on any atom is 0.252 e. The smallest absolute Gasteiger partial charge is 0.252 e. The Bertz CT molecular complexity index is 365. The number of amides is 2. The van der Waals surface area contributed by atoms with Gasteiger partial charge in [-0.25, -0.2) is 0 Å². The van der Waals surface area contributed by atoms with Crippen LogP contribution in [0.25, 0.3) is 0 Å². The maximum absolute atomic E-state index is 11.5. The van der Waals surface area contributed by atoms with Crippen molar-refractivity contribution < 1.29 is 14.7 Å². The Morgan fingerprint density at radius 3 is 2.82 bits per heavy atom. The van der Waals surface area contributed by atoms with Crippen molar-refractivity contribution in [1.82, 2.24) is 10.6 Å². The molecule has 17 heavy (non-hydrogen) atoms. The van der Waals surface area contributed by atoms with Gasteiger partial charge in [-0.15, -0.1) is 0 Å². The zero-order valence-electron chi connectivity index (χ0n) is 9.60. The molecular weight excluding hydrogens is 240 g/mol. The first-order valence-corrected chi connectivity index (χ1v) is 6.25. The normalized spacial score (nSPS) is 11.9. The van der Waals surface area contributed by atoms with E-state index in [1.54, 1.807) is 16.8 Å². The van der Waals surface area contributed by atoms with E-state index in [0.717, 1.165) is 0 Å². The van der Waals surface area contributed by atoms with Crippen LogP contribution >= 0.6 is 11.3 Å². The monoisotopic (exact) mass is 256 g/mol. The van der Waals surface area contributed by atoms with Gasteiger partial charge in [0.15, 0.2) is 0 Å². The average Bonchev–Trinajstić information content (AvgIpc) is 2.86. The predicted molar refractivity (Wildman–Crippen MR) is 65.9 cm³/mol. The molecule has 2 amide bonds. The molecule has 0 radical (unpaired) electrons. The third-order valence-corrected chi connectivity index (χ3v) is 2.84. The summed E-state index contributed by atoms with van der Waals surface area (Å²) >= 11 is 1.43. The number of hydrogen-bond acceptors (Lipinski definition) is 4. The maximum atomic E-state index is 11.5. The molecule has 1 rings (SSSR count). The second-order valence-electron chi connectivity index (χ2n) is 3.79. The Morgan fingerprint density at radius 2 is 2.24 bits per heavy atom.